The molecule has 0 saturated carbocycles. The maximum atomic E-state index is 5.48. The van der Waals surface area contributed by atoms with Crippen LogP contribution in [-0.2, 0) is 0 Å². The maximum Gasteiger partial charge on any atom is 0.229 e. The van der Waals surface area contributed by atoms with Crippen LogP contribution < -0.4 is 5.73 Å². The first-order valence-electron chi connectivity index (χ1n) is 5.50. The lowest BCUT2D eigenvalue weighted by Crippen LogP contribution is -2.02. The zero-order chi connectivity index (χ0) is 12.3. The van der Waals surface area contributed by atoms with Gasteiger partial charge in [-0.2, -0.15) is 4.98 Å². The molecule has 2 aromatic heterocycles. The Morgan fingerprint density at radius 1 is 1.53 bits per heavy atom. The average molecular weight is 316 g/mol. The highest BCUT2D eigenvalue weighted by molar-refractivity contribution is 9.11. The minimum atomic E-state index is 0.267. The van der Waals surface area contributed by atoms with Crippen molar-refractivity contribution in [2.45, 2.75) is 25.7 Å². The molecule has 0 bridgehead atoms. The number of aromatic nitrogens is 2. The number of hydrogen-bond donors (Lipinski definition) is 1. The molecule has 1 unspecified atom stereocenters. The van der Waals surface area contributed by atoms with Crippen molar-refractivity contribution in [3.63, 3.8) is 0 Å². The minimum Gasteiger partial charge on any atom is -0.339 e. The number of nitrogens with zero attached hydrogens (tertiary/aromatic N) is 2. The van der Waals surface area contributed by atoms with Crippen molar-refractivity contribution in [3.8, 4) is 10.7 Å². The van der Waals surface area contributed by atoms with E-state index in [1.54, 1.807) is 11.3 Å². The molecular formula is C11H14BrN3OS. The second-order valence-electron chi connectivity index (χ2n) is 3.89. The van der Waals surface area contributed by atoms with Crippen LogP contribution in [0.4, 0.5) is 0 Å². The molecule has 2 N–H and O–H groups in total. The summed E-state index contributed by atoms with van der Waals surface area (Å²) in [5.41, 5.74) is 5.48. The van der Waals surface area contributed by atoms with Crippen molar-refractivity contribution in [2.75, 3.05) is 6.54 Å². The fourth-order valence-electron chi connectivity index (χ4n) is 1.52. The second kappa shape index (κ2) is 5.75. The summed E-state index contributed by atoms with van der Waals surface area (Å²) in [6, 6.07) is 3.96. The molecule has 0 aliphatic heterocycles. The lowest BCUT2D eigenvalue weighted by molar-refractivity contribution is 0.352. The molecule has 0 aliphatic rings. The smallest absolute Gasteiger partial charge is 0.229 e. The van der Waals surface area contributed by atoms with Crippen LogP contribution in [0.2, 0.25) is 0 Å². The van der Waals surface area contributed by atoms with Gasteiger partial charge in [0.15, 0.2) is 0 Å². The molecule has 92 valence electrons. The highest BCUT2D eigenvalue weighted by Gasteiger charge is 2.15. The van der Waals surface area contributed by atoms with Crippen molar-refractivity contribution in [3.05, 3.63) is 21.8 Å². The number of hydrogen-bond acceptors (Lipinski definition) is 5. The number of nitrogens with two attached hydrogens (primary N) is 1. The Bertz CT molecular complexity index is 483. The Balaban J connectivity index is 2.10. The maximum absolute atomic E-state index is 5.48. The van der Waals surface area contributed by atoms with Gasteiger partial charge < -0.3 is 10.3 Å². The van der Waals surface area contributed by atoms with Gasteiger partial charge in [-0.1, -0.05) is 12.1 Å². The van der Waals surface area contributed by atoms with E-state index in [-0.39, 0.29) is 5.92 Å². The monoisotopic (exact) mass is 315 g/mol. The van der Waals surface area contributed by atoms with Crippen LogP contribution in [0.1, 0.15) is 31.6 Å². The zero-order valence-electron chi connectivity index (χ0n) is 9.52. The summed E-state index contributed by atoms with van der Waals surface area (Å²) in [7, 11) is 0. The minimum absolute atomic E-state index is 0.267. The van der Waals surface area contributed by atoms with Crippen molar-refractivity contribution >= 4 is 27.3 Å². The summed E-state index contributed by atoms with van der Waals surface area (Å²) in [5, 5.41) is 4.00. The standard InChI is InChI=1S/C11H14BrN3OS/c1-7(3-2-6-13)11-14-10(15-16-11)8-4-5-9(12)17-8/h4-5,7H,2-3,6,13H2,1H3. The van der Waals surface area contributed by atoms with E-state index in [0.29, 0.717) is 18.3 Å². The van der Waals surface area contributed by atoms with Crippen LogP contribution in [0, 0.1) is 0 Å². The topological polar surface area (TPSA) is 64.9 Å². The molecule has 0 saturated heterocycles. The lowest BCUT2D eigenvalue weighted by Gasteiger charge is -2.03. The number of thiophene rings is 1. The highest BCUT2D eigenvalue weighted by atomic mass is 79.9. The van der Waals surface area contributed by atoms with Gasteiger partial charge in [-0.3, -0.25) is 0 Å². The van der Waals surface area contributed by atoms with Gasteiger partial charge in [0.2, 0.25) is 11.7 Å². The van der Waals surface area contributed by atoms with Gasteiger partial charge in [-0.15, -0.1) is 11.3 Å². The lowest BCUT2D eigenvalue weighted by atomic mass is 10.1. The quantitative estimate of drug-likeness (QED) is 0.918. The SMILES string of the molecule is CC(CCCN)c1nc(-c2ccc(Br)s2)no1. The molecule has 1 atom stereocenters. The second-order valence-corrected chi connectivity index (χ2v) is 6.35. The number of halogens is 1. The van der Waals surface area contributed by atoms with Gasteiger partial charge in [0.05, 0.1) is 8.66 Å². The molecule has 0 aromatic carbocycles. The van der Waals surface area contributed by atoms with Crippen LogP contribution in [-0.4, -0.2) is 16.7 Å². The third-order valence-electron chi connectivity index (χ3n) is 2.50. The molecule has 6 heteroatoms. The van der Waals surface area contributed by atoms with E-state index in [9.17, 15) is 0 Å². The summed E-state index contributed by atoms with van der Waals surface area (Å²) >= 11 is 5.01. The first-order valence-corrected chi connectivity index (χ1v) is 7.11. The van der Waals surface area contributed by atoms with Crippen molar-refractivity contribution in [2.24, 2.45) is 5.73 Å². The van der Waals surface area contributed by atoms with Gasteiger partial charge in [0.1, 0.15) is 0 Å². The molecule has 4 nitrogen and oxygen atoms in total. The first-order chi connectivity index (χ1) is 8.20. The largest absolute Gasteiger partial charge is 0.339 e. The summed E-state index contributed by atoms with van der Waals surface area (Å²) in [6.07, 6.45) is 1.95. The summed E-state index contributed by atoms with van der Waals surface area (Å²) in [5.74, 6) is 1.62. The predicted octanol–water partition coefficient (Wildman–Crippen LogP) is 3.40. The molecule has 0 aliphatic carbocycles. The highest BCUT2D eigenvalue weighted by Crippen LogP contribution is 2.30. The summed E-state index contributed by atoms with van der Waals surface area (Å²) < 4.78 is 6.34. The van der Waals surface area contributed by atoms with Crippen LogP contribution in [0.3, 0.4) is 0 Å². The van der Waals surface area contributed by atoms with Crippen LogP contribution in [0.15, 0.2) is 20.4 Å². The van der Waals surface area contributed by atoms with Crippen molar-refractivity contribution in [1.29, 1.82) is 0 Å². The van der Waals surface area contributed by atoms with Gasteiger partial charge in [0.25, 0.3) is 0 Å². The Hall–Kier alpha value is -0.720. The molecule has 0 fully saturated rings. The van der Waals surface area contributed by atoms with E-state index in [2.05, 4.69) is 33.0 Å². The van der Waals surface area contributed by atoms with E-state index in [1.807, 2.05) is 12.1 Å². The first kappa shape index (κ1) is 12.7. The fraction of sp³-hybridized carbons (Fsp3) is 0.455. The van der Waals surface area contributed by atoms with Gasteiger partial charge >= 0.3 is 0 Å². The van der Waals surface area contributed by atoms with Crippen molar-refractivity contribution < 1.29 is 4.52 Å². The van der Waals surface area contributed by atoms with E-state index >= 15 is 0 Å². The normalized spacial score (nSPS) is 12.9. The van der Waals surface area contributed by atoms with E-state index in [1.165, 1.54) is 0 Å². The Morgan fingerprint density at radius 3 is 3.00 bits per heavy atom. The van der Waals surface area contributed by atoms with E-state index < -0.39 is 0 Å². The average Bonchev–Trinajstić information content (AvgIpc) is 2.93. The van der Waals surface area contributed by atoms with Gasteiger partial charge in [0, 0.05) is 5.92 Å². The summed E-state index contributed by atoms with van der Waals surface area (Å²) in [6.45, 7) is 2.78. The molecule has 2 heterocycles. The Morgan fingerprint density at radius 2 is 2.35 bits per heavy atom. The molecule has 0 radical (unpaired) electrons. The molecule has 0 amide bonds. The fourth-order valence-corrected chi connectivity index (χ4v) is 2.83. The predicted molar refractivity (Wildman–Crippen MR) is 72.0 cm³/mol. The molecule has 0 spiro atoms. The zero-order valence-corrected chi connectivity index (χ0v) is 11.9. The van der Waals surface area contributed by atoms with Gasteiger partial charge in [-0.05, 0) is 47.4 Å². The Kier molecular flexibility index (Phi) is 4.31. The van der Waals surface area contributed by atoms with E-state index in [4.69, 9.17) is 10.3 Å². The molecular weight excluding hydrogens is 302 g/mol. The molecule has 2 aromatic rings. The van der Waals surface area contributed by atoms with Crippen molar-refractivity contribution in [1.82, 2.24) is 10.1 Å². The van der Waals surface area contributed by atoms with Crippen LogP contribution >= 0.6 is 27.3 Å². The van der Waals surface area contributed by atoms with Gasteiger partial charge in [-0.25, -0.2) is 0 Å². The number of rotatable bonds is 5. The third-order valence-corrected chi connectivity index (χ3v) is 4.12. The molecule has 2 rings (SSSR count). The third kappa shape index (κ3) is 3.14. The van der Waals surface area contributed by atoms with E-state index in [0.717, 1.165) is 21.5 Å². The van der Waals surface area contributed by atoms with Crippen LogP contribution in [0.25, 0.3) is 10.7 Å². The summed E-state index contributed by atoms with van der Waals surface area (Å²) in [4.78, 5) is 5.43. The van der Waals surface area contributed by atoms with Crippen LogP contribution in [0.5, 0.6) is 0 Å². The Labute approximate surface area is 112 Å². The molecule has 17 heavy (non-hydrogen) atoms.